The molecule has 3 rings (SSSR count). The monoisotopic (exact) mass is 448 g/mol. The first-order chi connectivity index (χ1) is 14.7. The Hall–Kier alpha value is -2.75. The first-order valence-electron chi connectivity index (χ1n) is 10.1. The molecule has 10 heteroatoms. The SMILES string of the molecule is CC(C)CNc1nc(SC(C)C)nc2c1cnn2CCNC(=O)c1ccc(F)c(F)c1. The minimum absolute atomic E-state index is 0.0577. The topological polar surface area (TPSA) is 84.7 Å². The number of carbonyl (C=O) groups is 1. The van der Waals surface area contributed by atoms with Gasteiger partial charge in [0.25, 0.3) is 5.91 Å². The van der Waals surface area contributed by atoms with E-state index < -0.39 is 17.5 Å². The molecule has 0 bridgehead atoms. The lowest BCUT2D eigenvalue weighted by atomic mass is 10.2. The van der Waals surface area contributed by atoms with E-state index in [1.165, 1.54) is 6.07 Å². The van der Waals surface area contributed by atoms with E-state index in [0.29, 0.717) is 28.5 Å². The maximum Gasteiger partial charge on any atom is 0.251 e. The number of aromatic nitrogens is 4. The van der Waals surface area contributed by atoms with Crippen LogP contribution in [-0.2, 0) is 6.54 Å². The molecule has 0 saturated carbocycles. The summed E-state index contributed by atoms with van der Waals surface area (Å²) in [5, 5.41) is 12.2. The van der Waals surface area contributed by atoms with Gasteiger partial charge in [0, 0.05) is 23.9 Å². The number of rotatable bonds is 9. The third-order valence-corrected chi connectivity index (χ3v) is 5.15. The normalized spacial score (nSPS) is 11.5. The largest absolute Gasteiger partial charge is 0.369 e. The molecule has 0 fully saturated rings. The molecule has 166 valence electrons. The van der Waals surface area contributed by atoms with Gasteiger partial charge in [-0.05, 0) is 24.1 Å². The molecule has 1 amide bonds. The summed E-state index contributed by atoms with van der Waals surface area (Å²) in [6, 6.07) is 3.05. The molecule has 2 aromatic heterocycles. The minimum atomic E-state index is -1.06. The van der Waals surface area contributed by atoms with Crippen molar-refractivity contribution in [1.82, 2.24) is 25.1 Å². The van der Waals surface area contributed by atoms with Crippen LogP contribution in [0.4, 0.5) is 14.6 Å². The van der Waals surface area contributed by atoms with Crippen LogP contribution >= 0.6 is 11.8 Å². The number of thioether (sulfide) groups is 1. The lowest BCUT2D eigenvalue weighted by Gasteiger charge is -2.12. The Balaban J connectivity index is 1.75. The second kappa shape index (κ2) is 10.0. The van der Waals surface area contributed by atoms with Crippen molar-refractivity contribution in [2.75, 3.05) is 18.4 Å². The van der Waals surface area contributed by atoms with Crippen LogP contribution in [0.2, 0.25) is 0 Å². The highest BCUT2D eigenvalue weighted by Crippen LogP contribution is 2.26. The average Bonchev–Trinajstić information content (AvgIpc) is 3.10. The van der Waals surface area contributed by atoms with Crippen molar-refractivity contribution in [3.05, 3.63) is 41.6 Å². The van der Waals surface area contributed by atoms with Gasteiger partial charge >= 0.3 is 0 Å². The zero-order valence-electron chi connectivity index (χ0n) is 17.9. The molecule has 31 heavy (non-hydrogen) atoms. The molecule has 3 aromatic rings. The van der Waals surface area contributed by atoms with Crippen molar-refractivity contribution in [3.8, 4) is 0 Å². The molecule has 2 heterocycles. The third-order valence-electron chi connectivity index (χ3n) is 4.29. The standard InChI is InChI=1S/C21H26F2N6OS/c1-12(2)10-25-18-15-11-26-29(19(15)28-21(27-18)31-13(3)4)8-7-24-20(30)14-5-6-16(22)17(23)9-14/h5-6,9,11-13H,7-8,10H2,1-4H3,(H,24,30)(H,25,27,28). The number of fused-ring (bicyclic) bond motifs is 1. The number of carbonyl (C=O) groups excluding carboxylic acids is 1. The van der Waals surface area contributed by atoms with E-state index >= 15 is 0 Å². The van der Waals surface area contributed by atoms with Gasteiger partial charge in [-0.1, -0.05) is 39.5 Å². The molecule has 0 aliphatic rings. The molecule has 0 spiro atoms. The maximum absolute atomic E-state index is 13.3. The first kappa shape index (κ1) is 22.9. The summed E-state index contributed by atoms with van der Waals surface area (Å²) in [5.41, 5.74) is 0.730. The summed E-state index contributed by atoms with van der Waals surface area (Å²) in [4.78, 5) is 21.5. The highest BCUT2D eigenvalue weighted by molar-refractivity contribution is 7.99. The Morgan fingerprint density at radius 2 is 1.94 bits per heavy atom. The van der Waals surface area contributed by atoms with Crippen LogP contribution in [0.15, 0.2) is 29.6 Å². The highest BCUT2D eigenvalue weighted by atomic mass is 32.2. The highest BCUT2D eigenvalue weighted by Gasteiger charge is 2.15. The molecular weight excluding hydrogens is 422 g/mol. The molecular formula is C21H26F2N6OS. The molecule has 0 atom stereocenters. The summed E-state index contributed by atoms with van der Waals surface area (Å²) in [7, 11) is 0. The van der Waals surface area contributed by atoms with Gasteiger partial charge in [-0.2, -0.15) is 5.10 Å². The van der Waals surface area contributed by atoms with Gasteiger partial charge in [0.2, 0.25) is 0 Å². The van der Waals surface area contributed by atoms with E-state index in [4.69, 9.17) is 0 Å². The number of halogens is 2. The molecule has 0 aliphatic heterocycles. The van der Waals surface area contributed by atoms with E-state index in [-0.39, 0.29) is 12.1 Å². The van der Waals surface area contributed by atoms with Crippen LogP contribution in [0.3, 0.4) is 0 Å². The Labute approximate surface area is 184 Å². The molecule has 0 unspecified atom stereocenters. The van der Waals surface area contributed by atoms with Gasteiger partial charge in [0.05, 0.1) is 18.1 Å². The van der Waals surface area contributed by atoms with Crippen LogP contribution in [0.5, 0.6) is 0 Å². The minimum Gasteiger partial charge on any atom is -0.369 e. The zero-order valence-corrected chi connectivity index (χ0v) is 18.8. The lowest BCUT2D eigenvalue weighted by Crippen LogP contribution is -2.27. The number of benzene rings is 1. The van der Waals surface area contributed by atoms with Crippen molar-refractivity contribution in [3.63, 3.8) is 0 Å². The molecule has 2 N–H and O–H groups in total. The van der Waals surface area contributed by atoms with Gasteiger partial charge in [-0.25, -0.2) is 23.4 Å². The second-order valence-corrected chi connectivity index (χ2v) is 9.33. The van der Waals surface area contributed by atoms with Gasteiger partial charge in [0.15, 0.2) is 22.4 Å². The Bertz CT molecular complexity index is 1070. The van der Waals surface area contributed by atoms with Crippen molar-refractivity contribution in [2.45, 2.75) is 44.6 Å². The average molecular weight is 449 g/mol. The summed E-state index contributed by atoms with van der Waals surface area (Å²) in [6.07, 6.45) is 1.71. The number of nitrogens with zero attached hydrogens (tertiary/aromatic N) is 4. The Morgan fingerprint density at radius 3 is 2.61 bits per heavy atom. The Morgan fingerprint density at radius 1 is 1.16 bits per heavy atom. The van der Waals surface area contributed by atoms with Crippen LogP contribution < -0.4 is 10.6 Å². The van der Waals surface area contributed by atoms with Gasteiger partial charge in [-0.3, -0.25) is 4.79 Å². The van der Waals surface area contributed by atoms with E-state index in [1.54, 1.807) is 22.6 Å². The first-order valence-corrected chi connectivity index (χ1v) is 11.0. The fourth-order valence-corrected chi connectivity index (χ4v) is 3.52. The number of amides is 1. The van der Waals surface area contributed by atoms with Crippen molar-refractivity contribution in [1.29, 1.82) is 0 Å². The summed E-state index contributed by atoms with van der Waals surface area (Å²) >= 11 is 1.56. The van der Waals surface area contributed by atoms with E-state index in [1.807, 2.05) is 0 Å². The second-order valence-electron chi connectivity index (χ2n) is 7.79. The van der Waals surface area contributed by atoms with Crippen LogP contribution in [0, 0.1) is 17.6 Å². The van der Waals surface area contributed by atoms with E-state index in [0.717, 1.165) is 29.9 Å². The summed E-state index contributed by atoms with van der Waals surface area (Å²) in [6.45, 7) is 9.77. The van der Waals surface area contributed by atoms with Crippen LogP contribution in [0.25, 0.3) is 11.0 Å². The van der Waals surface area contributed by atoms with Gasteiger partial charge < -0.3 is 10.6 Å². The van der Waals surface area contributed by atoms with Crippen molar-refractivity contribution < 1.29 is 13.6 Å². The predicted octanol–water partition coefficient (Wildman–Crippen LogP) is 4.10. The van der Waals surface area contributed by atoms with Crippen LogP contribution in [0.1, 0.15) is 38.1 Å². The maximum atomic E-state index is 13.3. The fourth-order valence-electron chi connectivity index (χ4n) is 2.81. The number of nitrogens with one attached hydrogen (secondary N) is 2. The number of anilines is 1. The smallest absolute Gasteiger partial charge is 0.251 e. The third kappa shape index (κ3) is 5.90. The summed E-state index contributed by atoms with van der Waals surface area (Å²) in [5.74, 6) is -1.35. The quantitative estimate of drug-likeness (QED) is 0.379. The van der Waals surface area contributed by atoms with Gasteiger partial charge in [0.1, 0.15) is 5.82 Å². The predicted molar refractivity (Wildman–Crippen MR) is 118 cm³/mol. The zero-order chi connectivity index (χ0) is 22.5. The van der Waals surface area contributed by atoms with E-state index in [9.17, 15) is 13.6 Å². The van der Waals surface area contributed by atoms with Gasteiger partial charge in [-0.15, -0.1) is 0 Å². The molecule has 0 radical (unpaired) electrons. The van der Waals surface area contributed by atoms with E-state index in [2.05, 4.69) is 53.4 Å². The van der Waals surface area contributed by atoms with Crippen molar-refractivity contribution in [2.24, 2.45) is 5.92 Å². The number of hydrogen-bond donors (Lipinski definition) is 2. The summed E-state index contributed by atoms with van der Waals surface area (Å²) < 4.78 is 28.1. The van der Waals surface area contributed by atoms with Crippen LogP contribution in [-0.4, -0.2) is 44.0 Å². The molecule has 7 nitrogen and oxygen atoms in total. The molecule has 0 saturated heterocycles. The molecule has 1 aromatic carbocycles. The fraction of sp³-hybridized carbons (Fsp3) is 0.429. The number of hydrogen-bond acceptors (Lipinski definition) is 6. The van der Waals surface area contributed by atoms with Crippen molar-refractivity contribution >= 4 is 34.5 Å². The Kier molecular flexibility index (Phi) is 7.42. The molecule has 0 aliphatic carbocycles. The lowest BCUT2D eigenvalue weighted by molar-refractivity contribution is 0.0951.